The highest BCUT2D eigenvalue weighted by Crippen LogP contribution is 2.28. The quantitative estimate of drug-likeness (QED) is 0.641. The number of anilines is 1. The molecule has 0 aliphatic heterocycles. The number of nitrogens with zero attached hydrogens (tertiary/aromatic N) is 3. The zero-order valence-corrected chi connectivity index (χ0v) is 15.3. The highest BCUT2D eigenvalue weighted by atomic mass is 35.5. The number of rotatable bonds is 6. The van der Waals surface area contributed by atoms with Gasteiger partial charge in [-0.15, -0.1) is 10.2 Å². The number of carbonyl (C=O) groups is 1. The summed E-state index contributed by atoms with van der Waals surface area (Å²) in [5.41, 5.74) is 0.594. The first kappa shape index (κ1) is 17.6. The SMILES string of the molecule is CC(C)n1c(SCC(=O)Nc2ccccc2Cl)nnc1-c1ccco1. The number of benzene rings is 1. The van der Waals surface area contributed by atoms with Gasteiger partial charge in [-0.2, -0.15) is 0 Å². The molecule has 0 atom stereocenters. The Morgan fingerprint density at radius 3 is 2.76 bits per heavy atom. The van der Waals surface area contributed by atoms with Crippen molar-refractivity contribution in [2.24, 2.45) is 0 Å². The van der Waals surface area contributed by atoms with E-state index in [1.807, 2.05) is 36.6 Å². The number of hydrogen-bond acceptors (Lipinski definition) is 5. The van der Waals surface area contributed by atoms with Crippen LogP contribution < -0.4 is 5.32 Å². The molecule has 130 valence electrons. The summed E-state index contributed by atoms with van der Waals surface area (Å²) in [4.78, 5) is 12.2. The van der Waals surface area contributed by atoms with Gasteiger partial charge in [-0.3, -0.25) is 9.36 Å². The average Bonchev–Trinajstić information content (AvgIpc) is 3.24. The molecule has 0 aliphatic rings. The molecule has 1 N–H and O–H groups in total. The van der Waals surface area contributed by atoms with E-state index in [9.17, 15) is 4.79 Å². The summed E-state index contributed by atoms with van der Waals surface area (Å²) < 4.78 is 7.37. The van der Waals surface area contributed by atoms with E-state index in [-0.39, 0.29) is 17.7 Å². The van der Waals surface area contributed by atoms with Crippen molar-refractivity contribution in [1.29, 1.82) is 0 Å². The van der Waals surface area contributed by atoms with Crippen LogP contribution in [0, 0.1) is 0 Å². The van der Waals surface area contributed by atoms with Crippen LogP contribution in [0.1, 0.15) is 19.9 Å². The van der Waals surface area contributed by atoms with E-state index in [0.29, 0.717) is 27.5 Å². The molecule has 0 bridgehead atoms. The number of carbonyl (C=O) groups excluding carboxylic acids is 1. The first-order chi connectivity index (χ1) is 12.1. The third-order valence-corrected chi connectivity index (χ3v) is 4.68. The van der Waals surface area contributed by atoms with E-state index >= 15 is 0 Å². The third-order valence-electron chi connectivity index (χ3n) is 3.40. The summed E-state index contributed by atoms with van der Waals surface area (Å²) in [6.07, 6.45) is 1.60. The molecular weight excluding hydrogens is 360 g/mol. The molecule has 0 radical (unpaired) electrons. The van der Waals surface area contributed by atoms with Gasteiger partial charge in [-0.25, -0.2) is 0 Å². The lowest BCUT2D eigenvalue weighted by molar-refractivity contribution is -0.113. The summed E-state index contributed by atoms with van der Waals surface area (Å²) in [5.74, 6) is 1.34. The van der Waals surface area contributed by atoms with Crippen LogP contribution in [0.15, 0.2) is 52.2 Å². The Balaban J connectivity index is 1.71. The largest absolute Gasteiger partial charge is 0.461 e. The van der Waals surface area contributed by atoms with Gasteiger partial charge in [0.15, 0.2) is 10.9 Å². The summed E-state index contributed by atoms with van der Waals surface area (Å²) in [6, 6.07) is 10.9. The maximum Gasteiger partial charge on any atom is 0.234 e. The minimum absolute atomic E-state index is 0.129. The predicted molar refractivity (Wildman–Crippen MR) is 98.9 cm³/mol. The number of aromatic nitrogens is 3. The van der Waals surface area contributed by atoms with Crippen molar-refractivity contribution >= 4 is 35.0 Å². The van der Waals surface area contributed by atoms with Crippen LogP contribution >= 0.6 is 23.4 Å². The second kappa shape index (κ2) is 7.76. The second-order valence-electron chi connectivity index (χ2n) is 5.56. The predicted octanol–water partition coefficient (Wildman–Crippen LogP) is 4.50. The molecule has 2 aromatic heterocycles. The molecular formula is C17H17ClN4O2S. The molecule has 1 aromatic carbocycles. The molecule has 0 spiro atoms. The first-order valence-electron chi connectivity index (χ1n) is 7.72. The normalized spacial score (nSPS) is 11.0. The fourth-order valence-corrected chi connectivity index (χ4v) is 3.34. The lowest BCUT2D eigenvalue weighted by Crippen LogP contribution is -2.15. The highest BCUT2D eigenvalue weighted by molar-refractivity contribution is 7.99. The van der Waals surface area contributed by atoms with Gasteiger partial charge in [-0.1, -0.05) is 35.5 Å². The summed E-state index contributed by atoms with van der Waals surface area (Å²) in [5, 5.41) is 12.4. The van der Waals surface area contributed by atoms with E-state index in [1.54, 1.807) is 24.5 Å². The van der Waals surface area contributed by atoms with Gasteiger partial charge < -0.3 is 9.73 Å². The van der Waals surface area contributed by atoms with Crippen molar-refractivity contribution < 1.29 is 9.21 Å². The zero-order valence-electron chi connectivity index (χ0n) is 13.8. The summed E-state index contributed by atoms with van der Waals surface area (Å²) in [7, 11) is 0. The second-order valence-corrected chi connectivity index (χ2v) is 6.91. The van der Waals surface area contributed by atoms with Crippen LogP contribution in [0.3, 0.4) is 0 Å². The summed E-state index contributed by atoms with van der Waals surface area (Å²) >= 11 is 7.37. The van der Waals surface area contributed by atoms with E-state index in [4.69, 9.17) is 16.0 Å². The van der Waals surface area contributed by atoms with Gasteiger partial charge in [0, 0.05) is 6.04 Å². The number of halogens is 1. The lowest BCUT2D eigenvalue weighted by atomic mass is 10.3. The first-order valence-corrected chi connectivity index (χ1v) is 9.08. The standard InChI is InChI=1S/C17H17ClN4O2S/c1-11(2)22-16(14-8-5-9-24-14)20-21-17(22)25-10-15(23)19-13-7-4-3-6-12(13)18/h3-9,11H,10H2,1-2H3,(H,19,23). The molecule has 0 aliphatic carbocycles. The van der Waals surface area contributed by atoms with Crippen LogP contribution in [-0.2, 0) is 4.79 Å². The summed E-state index contributed by atoms with van der Waals surface area (Å²) in [6.45, 7) is 4.06. The van der Waals surface area contributed by atoms with E-state index < -0.39 is 0 Å². The van der Waals surface area contributed by atoms with Crippen LogP contribution in [0.4, 0.5) is 5.69 Å². The highest BCUT2D eigenvalue weighted by Gasteiger charge is 2.19. The molecule has 1 amide bonds. The monoisotopic (exact) mass is 376 g/mol. The molecule has 0 saturated heterocycles. The number of thioether (sulfide) groups is 1. The van der Waals surface area contributed by atoms with Gasteiger partial charge >= 0.3 is 0 Å². The van der Waals surface area contributed by atoms with E-state index in [0.717, 1.165) is 0 Å². The molecule has 0 saturated carbocycles. The Kier molecular flexibility index (Phi) is 5.45. The Morgan fingerprint density at radius 2 is 2.08 bits per heavy atom. The average molecular weight is 377 g/mol. The number of nitrogens with one attached hydrogen (secondary N) is 1. The number of furan rings is 1. The topological polar surface area (TPSA) is 73.0 Å². The maximum absolute atomic E-state index is 12.2. The van der Waals surface area contributed by atoms with Crippen molar-refractivity contribution in [2.45, 2.75) is 25.0 Å². The molecule has 8 heteroatoms. The van der Waals surface area contributed by atoms with Gasteiger partial charge in [0.05, 0.1) is 22.7 Å². The molecule has 0 unspecified atom stereocenters. The molecule has 3 rings (SSSR count). The fraction of sp³-hybridized carbons (Fsp3) is 0.235. The number of amides is 1. The van der Waals surface area contributed by atoms with Crippen LogP contribution in [-0.4, -0.2) is 26.4 Å². The lowest BCUT2D eigenvalue weighted by Gasteiger charge is -2.12. The Bertz CT molecular complexity index is 861. The minimum atomic E-state index is -0.157. The van der Waals surface area contributed by atoms with Crippen molar-refractivity contribution in [3.05, 3.63) is 47.7 Å². The van der Waals surface area contributed by atoms with Crippen molar-refractivity contribution in [1.82, 2.24) is 14.8 Å². The van der Waals surface area contributed by atoms with Crippen LogP contribution in [0.2, 0.25) is 5.02 Å². The van der Waals surface area contributed by atoms with Gasteiger partial charge in [0.25, 0.3) is 0 Å². The molecule has 3 aromatic rings. The fourth-order valence-electron chi connectivity index (χ4n) is 2.29. The Labute approximate surface area is 154 Å². The smallest absolute Gasteiger partial charge is 0.234 e. The van der Waals surface area contributed by atoms with E-state index in [1.165, 1.54) is 11.8 Å². The minimum Gasteiger partial charge on any atom is -0.461 e. The molecule has 25 heavy (non-hydrogen) atoms. The van der Waals surface area contributed by atoms with Crippen molar-refractivity contribution in [3.63, 3.8) is 0 Å². The van der Waals surface area contributed by atoms with Crippen molar-refractivity contribution in [3.8, 4) is 11.6 Å². The van der Waals surface area contributed by atoms with Gasteiger partial charge in [-0.05, 0) is 38.1 Å². The van der Waals surface area contributed by atoms with Gasteiger partial charge in [0.2, 0.25) is 11.7 Å². The number of hydrogen-bond donors (Lipinski definition) is 1. The van der Waals surface area contributed by atoms with Gasteiger partial charge in [0.1, 0.15) is 0 Å². The van der Waals surface area contributed by atoms with Crippen LogP contribution in [0.25, 0.3) is 11.6 Å². The third kappa shape index (κ3) is 4.05. The van der Waals surface area contributed by atoms with E-state index in [2.05, 4.69) is 15.5 Å². The van der Waals surface area contributed by atoms with Crippen molar-refractivity contribution in [2.75, 3.05) is 11.1 Å². The Hall–Kier alpha value is -2.25. The Morgan fingerprint density at radius 1 is 1.28 bits per heavy atom. The maximum atomic E-state index is 12.2. The molecule has 2 heterocycles. The zero-order chi connectivity index (χ0) is 17.8. The molecule has 6 nitrogen and oxygen atoms in total. The van der Waals surface area contributed by atoms with Crippen LogP contribution in [0.5, 0.6) is 0 Å². The molecule has 0 fully saturated rings. The number of para-hydroxylation sites is 1.